The van der Waals surface area contributed by atoms with Crippen molar-refractivity contribution in [2.24, 2.45) is 5.92 Å². The van der Waals surface area contributed by atoms with Crippen LogP contribution in [0.15, 0.2) is 23.7 Å². The van der Waals surface area contributed by atoms with E-state index in [9.17, 15) is 0 Å². The average molecular weight is 311 g/mol. The molecule has 0 amide bonds. The Morgan fingerprint density at radius 3 is 3.06 bits per heavy atom. The maximum Gasteiger partial charge on any atom is 0.137 e. The third-order valence-corrected chi connectivity index (χ3v) is 5.06. The maximum atomic E-state index is 4.53. The van der Waals surface area contributed by atoms with E-state index < -0.39 is 0 Å². The van der Waals surface area contributed by atoms with Gasteiger partial charge < -0.3 is 4.90 Å². The van der Waals surface area contributed by atoms with Gasteiger partial charge >= 0.3 is 0 Å². The number of halogens is 1. The molecule has 0 N–H and O–H groups in total. The Morgan fingerprint density at radius 2 is 2.29 bits per heavy atom. The largest absolute Gasteiger partial charge is 0.359 e. The van der Waals surface area contributed by atoms with Crippen LogP contribution in [-0.2, 0) is 0 Å². The summed E-state index contributed by atoms with van der Waals surface area (Å²) in [7, 11) is 2.15. The van der Waals surface area contributed by atoms with Crippen LogP contribution in [0.25, 0.3) is 10.1 Å². The zero-order valence-electron chi connectivity index (χ0n) is 9.77. The van der Waals surface area contributed by atoms with Crippen LogP contribution in [-0.4, -0.2) is 23.4 Å². The minimum absolute atomic E-state index is 0.741. The van der Waals surface area contributed by atoms with Crippen LogP contribution in [0.4, 0.5) is 5.82 Å². The van der Waals surface area contributed by atoms with Crippen LogP contribution in [0.1, 0.15) is 12.8 Å². The number of hydrogen-bond donors (Lipinski definition) is 0. The summed E-state index contributed by atoms with van der Waals surface area (Å²) in [6.45, 7) is 1.12. The summed E-state index contributed by atoms with van der Waals surface area (Å²) < 4.78 is 1.33. The fourth-order valence-corrected chi connectivity index (χ4v) is 4.30. The van der Waals surface area contributed by atoms with Crippen molar-refractivity contribution in [1.82, 2.24) is 4.98 Å². The van der Waals surface area contributed by atoms with Gasteiger partial charge in [0, 0.05) is 34.7 Å². The fourth-order valence-electron chi connectivity index (χ4n) is 2.46. The Labute approximate surface area is 114 Å². The van der Waals surface area contributed by atoms with Gasteiger partial charge in [-0.1, -0.05) is 15.9 Å². The highest BCUT2D eigenvalue weighted by molar-refractivity contribution is 9.09. The Kier molecular flexibility index (Phi) is 3.09. The second-order valence-electron chi connectivity index (χ2n) is 4.78. The number of pyridine rings is 1. The van der Waals surface area contributed by atoms with E-state index in [0.717, 1.165) is 23.1 Å². The summed E-state index contributed by atoms with van der Waals surface area (Å²) in [6.07, 6.45) is 4.51. The van der Waals surface area contributed by atoms with Crippen molar-refractivity contribution in [1.29, 1.82) is 0 Å². The van der Waals surface area contributed by atoms with E-state index in [1.165, 1.54) is 22.9 Å². The second kappa shape index (κ2) is 4.58. The molecule has 2 aromatic rings. The van der Waals surface area contributed by atoms with Gasteiger partial charge in [-0.15, -0.1) is 11.3 Å². The molecule has 0 saturated heterocycles. The molecule has 0 spiro atoms. The predicted octanol–water partition coefficient (Wildman–Crippen LogP) is 3.91. The van der Waals surface area contributed by atoms with Gasteiger partial charge in [-0.3, -0.25) is 0 Å². The molecule has 1 saturated carbocycles. The molecule has 17 heavy (non-hydrogen) atoms. The zero-order valence-corrected chi connectivity index (χ0v) is 12.2. The SMILES string of the molecule is CN(CC1CC(Br)C1)c1nccc2sccc12. The van der Waals surface area contributed by atoms with E-state index in [2.05, 4.69) is 50.4 Å². The van der Waals surface area contributed by atoms with Crippen molar-refractivity contribution in [2.75, 3.05) is 18.5 Å². The van der Waals surface area contributed by atoms with Gasteiger partial charge in [-0.05, 0) is 36.3 Å². The fraction of sp³-hybridized carbons (Fsp3) is 0.462. The lowest BCUT2D eigenvalue weighted by molar-refractivity contribution is 0.339. The molecule has 2 aromatic heterocycles. The topological polar surface area (TPSA) is 16.1 Å². The third kappa shape index (κ3) is 2.20. The Bertz CT molecular complexity index is 519. The summed E-state index contributed by atoms with van der Waals surface area (Å²) in [4.78, 5) is 7.58. The molecule has 0 radical (unpaired) electrons. The first-order valence-electron chi connectivity index (χ1n) is 5.91. The Balaban J connectivity index is 1.80. The highest BCUT2D eigenvalue weighted by Crippen LogP contribution is 2.35. The van der Waals surface area contributed by atoms with Crippen molar-refractivity contribution in [3.8, 4) is 0 Å². The molecular weight excluding hydrogens is 296 g/mol. The van der Waals surface area contributed by atoms with Crippen molar-refractivity contribution < 1.29 is 0 Å². The van der Waals surface area contributed by atoms with E-state index in [1.54, 1.807) is 11.3 Å². The van der Waals surface area contributed by atoms with Crippen molar-refractivity contribution >= 4 is 43.2 Å². The lowest BCUT2D eigenvalue weighted by Gasteiger charge is -2.34. The van der Waals surface area contributed by atoms with Gasteiger partial charge in [0.2, 0.25) is 0 Å². The lowest BCUT2D eigenvalue weighted by Crippen LogP contribution is -2.35. The highest BCUT2D eigenvalue weighted by atomic mass is 79.9. The monoisotopic (exact) mass is 310 g/mol. The third-order valence-electron chi connectivity index (χ3n) is 3.43. The van der Waals surface area contributed by atoms with Crippen LogP contribution in [0.3, 0.4) is 0 Å². The smallest absolute Gasteiger partial charge is 0.137 e. The van der Waals surface area contributed by atoms with E-state index in [0.29, 0.717) is 0 Å². The first kappa shape index (κ1) is 11.5. The van der Waals surface area contributed by atoms with E-state index in [-0.39, 0.29) is 0 Å². The number of nitrogens with zero attached hydrogens (tertiary/aromatic N) is 2. The molecule has 1 aliphatic carbocycles. The number of alkyl halides is 1. The van der Waals surface area contributed by atoms with Crippen molar-refractivity contribution in [2.45, 2.75) is 17.7 Å². The van der Waals surface area contributed by atoms with Crippen LogP contribution in [0.2, 0.25) is 0 Å². The Hall–Kier alpha value is -0.610. The molecule has 0 aliphatic heterocycles. The van der Waals surface area contributed by atoms with Crippen LogP contribution in [0.5, 0.6) is 0 Å². The Morgan fingerprint density at radius 1 is 1.47 bits per heavy atom. The number of hydrogen-bond acceptors (Lipinski definition) is 3. The molecule has 1 aliphatic rings. The summed E-state index contributed by atoms with van der Waals surface area (Å²) in [5.74, 6) is 1.95. The maximum absolute atomic E-state index is 4.53. The number of anilines is 1. The van der Waals surface area contributed by atoms with Crippen molar-refractivity contribution in [3.63, 3.8) is 0 Å². The number of fused-ring (bicyclic) bond motifs is 1. The minimum Gasteiger partial charge on any atom is -0.359 e. The van der Waals surface area contributed by atoms with Crippen LogP contribution < -0.4 is 4.90 Å². The van der Waals surface area contributed by atoms with E-state index in [1.807, 2.05) is 6.20 Å². The summed E-state index contributed by atoms with van der Waals surface area (Å²) in [5, 5.41) is 3.43. The second-order valence-corrected chi connectivity index (χ2v) is 7.02. The van der Waals surface area contributed by atoms with Crippen LogP contribution in [0, 0.1) is 5.92 Å². The molecule has 3 rings (SSSR count). The molecule has 4 heteroatoms. The number of aromatic nitrogens is 1. The number of rotatable bonds is 3. The average Bonchev–Trinajstić information content (AvgIpc) is 2.74. The standard InChI is InChI=1S/C13H15BrN2S/c1-16(8-9-6-10(14)7-9)13-11-3-5-17-12(11)2-4-15-13/h2-5,9-10H,6-8H2,1H3. The van der Waals surface area contributed by atoms with Gasteiger partial charge in [-0.2, -0.15) is 0 Å². The first-order valence-corrected chi connectivity index (χ1v) is 7.71. The molecule has 0 atom stereocenters. The molecule has 0 bridgehead atoms. The summed E-state index contributed by atoms with van der Waals surface area (Å²) in [6, 6.07) is 4.27. The van der Waals surface area contributed by atoms with Gasteiger partial charge in [0.1, 0.15) is 5.82 Å². The molecule has 2 nitrogen and oxygen atoms in total. The van der Waals surface area contributed by atoms with Gasteiger partial charge in [0.15, 0.2) is 0 Å². The molecular formula is C13H15BrN2S. The van der Waals surface area contributed by atoms with Crippen LogP contribution >= 0.6 is 27.3 Å². The molecule has 2 heterocycles. The van der Waals surface area contributed by atoms with E-state index in [4.69, 9.17) is 0 Å². The quantitative estimate of drug-likeness (QED) is 0.799. The first-order chi connectivity index (χ1) is 8.24. The van der Waals surface area contributed by atoms with Gasteiger partial charge in [0.05, 0.1) is 0 Å². The highest BCUT2D eigenvalue weighted by Gasteiger charge is 2.28. The zero-order chi connectivity index (χ0) is 11.8. The normalized spacial score (nSPS) is 23.6. The molecule has 90 valence electrons. The summed E-state index contributed by atoms with van der Waals surface area (Å²) >= 11 is 5.43. The molecule has 0 unspecified atom stereocenters. The predicted molar refractivity (Wildman–Crippen MR) is 78.3 cm³/mol. The van der Waals surface area contributed by atoms with Gasteiger partial charge in [0.25, 0.3) is 0 Å². The lowest BCUT2D eigenvalue weighted by atomic mass is 9.85. The minimum atomic E-state index is 0.741. The molecule has 0 aromatic carbocycles. The number of thiophene rings is 1. The molecule has 1 fully saturated rings. The van der Waals surface area contributed by atoms with Crippen molar-refractivity contribution in [3.05, 3.63) is 23.7 Å². The van der Waals surface area contributed by atoms with E-state index >= 15 is 0 Å². The van der Waals surface area contributed by atoms with Gasteiger partial charge in [-0.25, -0.2) is 4.98 Å². The summed E-state index contributed by atoms with van der Waals surface area (Å²) in [5.41, 5.74) is 0.